The van der Waals surface area contributed by atoms with Gasteiger partial charge in [-0.15, -0.1) is 0 Å². The van der Waals surface area contributed by atoms with E-state index in [0.717, 1.165) is 21.5 Å². The number of aromatic nitrogens is 2. The van der Waals surface area contributed by atoms with Crippen molar-refractivity contribution in [3.63, 3.8) is 0 Å². The first-order valence-electron chi connectivity index (χ1n) is 18.2. The zero-order valence-electron chi connectivity index (χ0n) is 30.8. The molecule has 0 spiro atoms. The lowest BCUT2D eigenvalue weighted by atomic mass is 9.92. The number of pyridine rings is 2. The normalized spacial score (nSPS) is 13.4. The van der Waals surface area contributed by atoms with Crippen molar-refractivity contribution in [3.05, 3.63) is 151 Å². The number of amides is 4. The quantitative estimate of drug-likeness (QED) is 0.131. The first kappa shape index (κ1) is 36.9. The summed E-state index contributed by atoms with van der Waals surface area (Å²) in [5.74, 6) is -0.550. The van der Waals surface area contributed by atoms with Crippen molar-refractivity contribution in [2.75, 3.05) is 41.1 Å². The topological polar surface area (TPSA) is 170 Å². The van der Waals surface area contributed by atoms with E-state index in [9.17, 15) is 19.2 Å². The summed E-state index contributed by atoms with van der Waals surface area (Å²) >= 11 is 0. The Kier molecular flexibility index (Phi) is 10.4. The molecular weight excluding hydrogens is 737 g/mol. The van der Waals surface area contributed by atoms with E-state index in [1.807, 2.05) is 60.7 Å². The molecule has 0 saturated heterocycles. The SMILES string of the molecule is C=CCOc1cc2cc(c1)C(=O)Nc1cccc(n1)NC(=O)COc1ccc3ccccc3c1-c1c(ccc3ccccc13)OCC(=O)Nc1cccc(n1)NC2=O. The van der Waals surface area contributed by atoms with Gasteiger partial charge in [0.1, 0.15) is 47.1 Å². The summed E-state index contributed by atoms with van der Waals surface area (Å²) in [6.45, 7) is 3.01. The van der Waals surface area contributed by atoms with Gasteiger partial charge in [0.15, 0.2) is 13.2 Å². The number of hydrogen-bond acceptors (Lipinski definition) is 9. The summed E-state index contributed by atoms with van der Waals surface area (Å²) in [7, 11) is 0. The van der Waals surface area contributed by atoms with Crippen LogP contribution in [0.2, 0.25) is 0 Å². The molecule has 0 saturated carbocycles. The van der Waals surface area contributed by atoms with Crippen LogP contribution in [0.1, 0.15) is 20.7 Å². The highest BCUT2D eigenvalue weighted by molar-refractivity contribution is 6.11. The standard InChI is InChI=1S/C45H34N6O7/c1-2-21-56-31-23-29-22-30(24-31)45(55)51-39-16-8-14-37(47-39)49-41(53)26-58-35-20-18-28-10-4-6-12-33(28)43(35)42-32-11-5-3-9-27(32)17-19-34(42)57-25-40(52)48-36-13-7-15-38(46-36)50-44(29)54/h2-20,22-24H,1,21,25-26H2,(H2,46,48,50,52,54)(H2,47,49,51,53,55). The maximum atomic E-state index is 13.5. The van der Waals surface area contributed by atoms with Crippen LogP contribution >= 0.6 is 0 Å². The van der Waals surface area contributed by atoms with E-state index in [1.54, 1.807) is 48.5 Å². The van der Waals surface area contributed by atoms with Crippen molar-refractivity contribution in [1.82, 2.24) is 9.97 Å². The lowest BCUT2D eigenvalue weighted by Gasteiger charge is -2.19. The van der Waals surface area contributed by atoms with Crippen molar-refractivity contribution in [2.24, 2.45) is 0 Å². The van der Waals surface area contributed by atoms with Crippen LogP contribution in [0.5, 0.6) is 17.2 Å². The highest BCUT2D eigenvalue weighted by Crippen LogP contribution is 2.45. The largest absolute Gasteiger partial charge is 0.490 e. The van der Waals surface area contributed by atoms with Crippen LogP contribution in [0.25, 0.3) is 32.7 Å². The van der Waals surface area contributed by atoms with Crippen molar-refractivity contribution >= 4 is 68.4 Å². The van der Waals surface area contributed by atoms with E-state index in [4.69, 9.17) is 14.2 Å². The number of hydrogen-bond donors (Lipinski definition) is 4. The average molecular weight is 771 g/mol. The van der Waals surface area contributed by atoms with Gasteiger partial charge in [0.25, 0.3) is 23.6 Å². The van der Waals surface area contributed by atoms with Gasteiger partial charge in [0, 0.05) is 22.3 Å². The Hall–Kier alpha value is -8.06. The number of anilines is 4. The average Bonchev–Trinajstić information content (AvgIpc) is 3.23. The molecule has 1 aliphatic rings. The number of carbonyl (C=O) groups excluding carboxylic acids is 4. The highest BCUT2D eigenvalue weighted by Gasteiger charge is 2.21. The van der Waals surface area contributed by atoms with Gasteiger partial charge >= 0.3 is 0 Å². The molecule has 4 amide bonds. The smallest absolute Gasteiger partial charge is 0.263 e. The van der Waals surface area contributed by atoms with E-state index in [1.165, 1.54) is 24.3 Å². The Morgan fingerprint density at radius 3 is 1.47 bits per heavy atom. The number of ether oxygens (including phenoxy) is 3. The van der Waals surface area contributed by atoms with Gasteiger partial charge in [0.2, 0.25) is 0 Å². The van der Waals surface area contributed by atoms with E-state index in [0.29, 0.717) is 22.6 Å². The van der Waals surface area contributed by atoms with Gasteiger partial charge < -0.3 is 35.5 Å². The number of carbonyl (C=O) groups is 4. The lowest BCUT2D eigenvalue weighted by molar-refractivity contribution is -0.118. The Morgan fingerprint density at radius 2 is 1.00 bits per heavy atom. The summed E-state index contributed by atoms with van der Waals surface area (Å²) < 4.78 is 18.2. The second-order valence-electron chi connectivity index (χ2n) is 13.1. The minimum Gasteiger partial charge on any atom is -0.490 e. The Morgan fingerprint density at radius 1 is 0.552 bits per heavy atom. The van der Waals surface area contributed by atoms with E-state index >= 15 is 0 Å². The first-order chi connectivity index (χ1) is 28.3. The highest BCUT2D eigenvalue weighted by atomic mass is 16.5. The van der Waals surface area contributed by atoms with Crippen LogP contribution in [-0.4, -0.2) is 53.4 Å². The molecule has 0 unspecified atom stereocenters. The van der Waals surface area contributed by atoms with Crippen LogP contribution < -0.4 is 35.5 Å². The number of nitrogens with zero attached hydrogens (tertiary/aromatic N) is 2. The third-order valence-electron chi connectivity index (χ3n) is 9.06. The molecule has 4 N–H and O–H groups in total. The molecule has 7 aromatic rings. The Bertz CT molecular complexity index is 2590. The Labute approximate surface area is 331 Å². The van der Waals surface area contributed by atoms with E-state index < -0.39 is 23.6 Å². The molecule has 0 fully saturated rings. The van der Waals surface area contributed by atoms with Crippen molar-refractivity contribution in [2.45, 2.75) is 0 Å². The molecule has 58 heavy (non-hydrogen) atoms. The second kappa shape index (κ2) is 16.4. The fraction of sp³-hybridized carbons (Fsp3) is 0.0667. The summed E-state index contributed by atoms with van der Waals surface area (Å²) in [4.78, 5) is 62.7. The third kappa shape index (κ3) is 8.14. The molecule has 2 aromatic heterocycles. The van der Waals surface area contributed by atoms with Gasteiger partial charge in [-0.2, -0.15) is 0 Å². The van der Waals surface area contributed by atoms with Crippen LogP contribution in [-0.2, 0) is 9.59 Å². The number of fused-ring (bicyclic) bond motifs is 13. The predicted molar refractivity (Wildman–Crippen MR) is 222 cm³/mol. The van der Waals surface area contributed by atoms with Crippen molar-refractivity contribution in [1.29, 1.82) is 0 Å². The van der Waals surface area contributed by atoms with Gasteiger partial charge in [0.05, 0.1) is 0 Å². The molecule has 8 rings (SSSR count). The minimum absolute atomic E-state index is 0.0933. The molecule has 13 heteroatoms. The predicted octanol–water partition coefficient (Wildman–Crippen LogP) is 7.87. The minimum atomic E-state index is -0.593. The van der Waals surface area contributed by atoms with E-state index in [-0.39, 0.29) is 60.0 Å². The molecule has 0 aliphatic carbocycles. The fourth-order valence-corrected chi connectivity index (χ4v) is 6.53. The van der Waals surface area contributed by atoms with Gasteiger partial charge in [-0.3, -0.25) is 19.2 Å². The van der Waals surface area contributed by atoms with Crippen LogP contribution in [0.15, 0.2) is 140 Å². The maximum absolute atomic E-state index is 13.5. The summed E-state index contributed by atoms with van der Waals surface area (Å²) in [6, 6.07) is 36.8. The molecule has 0 atom stereocenters. The molecule has 3 heterocycles. The molecule has 0 radical (unpaired) electrons. The Balaban J connectivity index is 1.20. The summed E-state index contributed by atoms with van der Waals surface area (Å²) in [5, 5.41) is 14.4. The van der Waals surface area contributed by atoms with E-state index in [2.05, 4.69) is 37.8 Å². The number of benzene rings is 5. The third-order valence-corrected chi connectivity index (χ3v) is 9.06. The zero-order valence-corrected chi connectivity index (χ0v) is 30.8. The van der Waals surface area contributed by atoms with Crippen LogP contribution in [0.4, 0.5) is 23.3 Å². The number of rotatable bonds is 3. The van der Waals surface area contributed by atoms with Crippen LogP contribution in [0.3, 0.4) is 0 Å². The molecule has 5 aromatic carbocycles. The van der Waals surface area contributed by atoms with Crippen LogP contribution in [0, 0.1) is 0 Å². The van der Waals surface area contributed by atoms with Crippen molar-refractivity contribution < 1.29 is 33.4 Å². The monoisotopic (exact) mass is 770 g/mol. The molecule has 6 bridgehead atoms. The molecule has 13 nitrogen and oxygen atoms in total. The van der Waals surface area contributed by atoms with Gasteiger partial charge in [-0.05, 0) is 76.1 Å². The van der Waals surface area contributed by atoms with Gasteiger partial charge in [-0.1, -0.05) is 85.5 Å². The number of nitrogens with one attached hydrogen (secondary N) is 4. The molecule has 1 aliphatic heterocycles. The first-order valence-corrected chi connectivity index (χ1v) is 18.2. The zero-order chi connectivity index (χ0) is 40.0. The maximum Gasteiger partial charge on any atom is 0.263 e. The summed E-state index contributed by atoms with van der Waals surface area (Å²) in [5.41, 5.74) is 1.52. The fourth-order valence-electron chi connectivity index (χ4n) is 6.53. The van der Waals surface area contributed by atoms with Gasteiger partial charge in [-0.25, -0.2) is 9.97 Å². The molecular formula is C45H34N6O7. The summed E-state index contributed by atoms with van der Waals surface area (Å²) in [6.07, 6.45) is 1.53. The molecule has 286 valence electrons. The lowest BCUT2D eigenvalue weighted by Crippen LogP contribution is -2.22. The van der Waals surface area contributed by atoms with Crippen molar-refractivity contribution in [3.8, 4) is 28.4 Å². The second-order valence-corrected chi connectivity index (χ2v) is 13.1.